The minimum absolute atomic E-state index is 0.0251. The summed E-state index contributed by atoms with van der Waals surface area (Å²) < 4.78 is 0. The standard InChI is InChI=1S/C19H23NOS/c1-3-22-18-12-8-7-11-17(18)19(21)20-15(2)13-14-16-9-5-4-6-10-16/h4-12,15H,3,13-14H2,1-2H3,(H,20,21). The van der Waals surface area contributed by atoms with Gasteiger partial charge in [0.05, 0.1) is 5.56 Å². The average molecular weight is 313 g/mol. The minimum Gasteiger partial charge on any atom is -0.350 e. The van der Waals surface area contributed by atoms with Gasteiger partial charge in [-0.2, -0.15) is 0 Å². The summed E-state index contributed by atoms with van der Waals surface area (Å²) in [6.45, 7) is 4.16. The van der Waals surface area contributed by atoms with Crippen LogP contribution < -0.4 is 5.32 Å². The molecule has 1 N–H and O–H groups in total. The van der Waals surface area contributed by atoms with Crippen LogP contribution in [0.5, 0.6) is 0 Å². The van der Waals surface area contributed by atoms with E-state index in [1.54, 1.807) is 11.8 Å². The summed E-state index contributed by atoms with van der Waals surface area (Å²) in [5.41, 5.74) is 2.09. The average Bonchev–Trinajstić information content (AvgIpc) is 2.55. The van der Waals surface area contributed by atoms with E-state index in [9.17, 15) is 4.79 Å². The summed E-state index contributed by atoms with van der Waals surface area (Å²) in [7, 11) is 0. The number of hydrogen-bond donors (Lipinski definition) is 1. The summed E-state index contributed by atoms with van der Waals surface area (Å²) in [6.07, 6.45) is 1.92. The fraction of sp³-hybridized carbons (Fsp3) is 0.316. The Morgan fingerprint density at radius 1 is 1.09 bits per heavy atom. The van der Waals surface area contributed by atoms with Crippen LogP contribution >= 0.6 is 11.8 Å². The predicted molar refractivity (Wildman–Crippen MR) is 94.5 cm³/mol. The second-order valence-corrected chi connectivity index (χ2v) is 6.63. The fourth-order valence-corrected chi connectivity index (χ4v) is 3.14. The summed E-state index contributed by atoms with van der Waals surface area (Å²) >= 11 is 1.71. The summed E-state index contributed by atoms with van der Waals surface area (Å²) in [5.74, 6) is 0.991. The van der Waals surface area contributed by atoms with Crippen LogP contribution in [-0.4, -0.2) is 17.7 Å². The Bertz CT molecular complexity index is 597. The predicted octanol–water partition coefficient (Wildman–Crippen LogP) is 4.55. The second-order valence-electron chi connectivity index (χ2n) is 5.33. The van der Waals surface area contributed by atoms with Gasteiger partial charge in [0.1, 0.15) is 0 Å². The van der Waals surface area contributed by atoms with Gasteiger partial charge in [-0.3, -0.25) is 4.79 Å². The van der Waals surface area contributed by atoms with Crippen LogP contribution in [0.2, 0.25) is 0 Å². The zero-order valence-corrected chi connectivity index (χ0v) is 14.0. The van der Waals surface area contributed by atoms with Crippen molar-refractivity contribution in [2.24, 2.45) is 0 Å². The molecular weight excluding hydrogens is 290 g/mol. The molecule has 0 aliphatic carbocycles. The Morgan fingerprint density at radius 2 is 1.77 bits per heavy atom. The van der Waals surface area contributed by atoms with Crippen molar-refractivity contribution in [2.75, 3.05) is 5.75 Å². The minimum atomic E-state index is 0.0251. The number of rotatable bonds is 7. The number of nitrogens with one attached hydrogen (secondary N) is 1. The maximum Gasteiger partial charge on any atom is 0.252 e. The molecule has 2 aromatic rings. The van der Waals surface area contributed by atoms with Crippen molar-refractivity contribution in [1.82, 2.24) is 5.32 Å². The van der Waals surface area contributed by atoms with Crippen LogP contribution in [0.4, 0.5) is 0 Å². The lowest BCUT2D eigenvalue weighted by Gasteiger charge is -2.15. The van der Waals surface area contributed by atoms with Gasteiger partial charge < -0.3 is 5.32 Å². The van der Waals surface area contributed by atoms with Crippen molar-refractivity contribution >= 4 is 17.7 Å². The van der Waals surface area contributed by atoms with E-state index >= 15 is 0 Å². The molecule has 1 atom stereocenters. The van der Waals surface area contributed by atoms with E-state index in [-0.39, 0.29) is 11.9 Å². The van der Waals surface area contributed by atoms with Crippen LogP contribution in [0, 0.1) is 0 Å². The first-order valence-electron chi connectivity index (χ1n) is 7.77. The molecule has 3 heteroatoms. The molecule has 0 aliphatic heterocycles. The first kappa shape index (κ1) is 16.6. The third-order valence-corrected chi connectivity index (χ3v) is 4.47. The SMILES string of the molecule is CCSc1ccccc1C(=O)NC(C)CCc1ccccc1. The smallest absolute Gasteiger partial charge is 0.252 e. The van der Waals surface area contributed by atoms with Crippen LogP contribution in [0.15, 0.2) is 59.5 Å². The molecule has 2 aromatic carbocycles. The molecule has 0 fully saturated rings. The molecule has 1 unspecified atom stereocenters. The van der Waals surface area contributed by atoms with E-state index in [0.29, 0.717) is 0 Å². The van der Waals surface area contributed by atoms with E-state index in [1.165, 1.54) is 5.56 Å². The van der Waals surface area contributed by atoms with Crippen LogP contribution in [0.3, 0.4) is 0 Å². The number of aryl methyl sites for hydroxylation is 1. The molecule has 0 bridgehead atoms. The molecule has 0 saturated carbocycles. The normalized spacial score (nSPS) is 11.9. The largest absolute Gasteiger partial charge is 0.350 e. The van der Waals surface area contributed by atoms with E-state index in [4.69, 9.17) is 0 Å². The van der Waals surface area contributed by atoms with E-state index < -0.39 is 0 Å². The maximum atomic E-state index is 12.4. The summed E-state index contributed by atoms with van der Waals surface area (Å²) in [4.78, 5) is 13.5. The van der Waals surface area contributed by atoms with E-state index in [1.807, 2.05) is 30.3 Å². The summed E-state index contributed by atoms with van der Waals surface area (Å²) in [6, 6.07) is 18.4. The zero-order valence-electron chi connectivity index (χ0n) is 13.2. The lowest BCUT2D eigenvalue weighted by atomic mass is 10.1. The zero-order chi connectivity index (χ0) is 15.8. The Hall–Kier alpha value is -1.74. The van der Waals surface area contributed by atoms with Gasteiger partial charge in [-0.1, -0.05) is 49.4 Å². The van der Waals surface area contributed by atoms with Gasteiger partial charge in [0.15, 0.2) is 0 Å². The number of amides is 1. The van der Waals surface area contributed by atoms with E-state index in [2.05, 4.69) is 43.4 Å². The van der Waals surface area contributed by atoms with Crippen molar-refractivity contribution in [3.8, 4) is 0 Å². The molecule has 22 heavy (non-hydrogen) atoms. The van der Waals surface area contributed by atoms with Crippen molar-refractivity contribution in [3.63, 3.8) is 0 Å². The molecular formula is C19H23NOS. The first-order valence-corrected chi connectivity index (χ1v) is 8.76. The maximum absolute atomic E-state index is 12.4. The fourth-order valence-electron chi connectivity index (χ4n) is 2.34. The molecule has 0 aromatic heterocycles. The third kappa shape index (κ3) is 4.92. The van der Waals surface area contributed by atoms with Crippen molar-refractivity contribution in [2.45, 2.75) is 37.6 Å². The molecule has 116 valence electrons. The Morgan fingerprint density at radius 3 is 2.50 bits per heavy atom. The number of benzene rings is 2. The highest BCUT2D eigenvalue weighted by Gasteiger charge is 2.13. The molecule has 2 nitrogen and oxygen atoms in total. The van der Waals surface area contributed by atoms with Gasteiger partial charge in [-0.15, -0.1) is 11.8 Å². The van der Waals surface area contributed by atoms with Crippen molar-refractivity contribution < 1.29 is 4.79 Å². The molecule has 0 heterocycles. The molecule has 1 amide bonds. The van der Waals surface area contributed by atoms with Crippen LogP contribution in [0.1, 0.15) is 36.2 Å². The molecule has 0 saturated heterocycles. The lowest BCUT2D eigenvalue weighted by molar-refractivity contribution is 0.0935. The Kier molecular flexibility index (Phi) is 6.53. The highest BCUT2D eigenvalue weighted by atomic mass is 32.2. The molecule has 0 radical (unpaired) electrons. The molecule has 2 rings (SSSR count). The van der Waals surface area contributed by atoms with E-state index in [0.717, 1.165) is 29.1 Å². The topological polar surface area (TPSA) is 29.1 Å². The Labute approximate surface area is 137 Å². The van der Waals surface area contributed by atoms with Gasteiger partial charge in [0, 0.05) is 10.9 Å². The van der Waals surface area contributed by atoms with Crippen molar-refractivity contribution in [3.05, 3.63) is 65.7 Å². The van der Waals surface area contributed by atoms with Crippen molar-refractivity contribution in [1.29, 1.82) is 0 Å². The summed E-state index contributed by atoms with van der Waals surface area (Å²) in [5, 5.41) is 3.11. The highest BCUT2D eigenvalue weighted by Crippen LogP contribution is 2.22. The monoisotopic (exact) mass is 313 g/mol. The van der Waals surface area contributed by atoms with Gasteiger partial charge in [-0.05, 0) is 43.2 Å². The third-order valence-electron chi connectivity index (χ3n) is 3.52. The van der Waals surface area contributed by atoms with Gasteiger partial charge in [0.25, 0.3) is 5.91 Å². The lowest BCUT2D eigenvalue weighted by Crippen LogP contribution is -2.33. The van der Waals surface area contributed by atoms with Crippen LogP contribution in [-0.2, 0) is 6.42 Å². The second kappa shape index (κ2) is 8.64. The quantitative estimate of drug-likeness (QED) is 0.760. The first-order chi connectivity index (χ1) is 10.7. The number of carbonyl (C=O) groups is 1. The number of carbonyl (C=O) groups excluding carboxylic acids is 1. The molecule has 0 aliphatic rings. The number of thioether (sulfide) groups is 1. The van der Waals surface area contributed by atoms with Gasteiger partial charge >= 0.3 is 0 Å². The van der Waals surface area contributed by atoms with Gasteiger partial charge in [0.2, 0.25) is 0 Å². The van der Waals surface area contributed by atoms with Crippen LogP contribution in [0.25, 0.3) is 0 Å². The van der Waals surface area contributed by atoms with Gasteiger partial charge in [-0.25, -0.2) is 0 Å². The Balaban J connectivity index is 1.91. The number of hydrogen-bond acceptors (Lipinski definition) is 2. The molecule has 0 spiro atoms. The highest BCUT2D eigenvalue weighted by molar-refractivity contribution is 7.99.